The lowest BCUT2D eigenvalue weighted by Crippen LogP contribution is -2.61. The van der Waals surface area contributed by atoms with E-state index in [0.29, 0.717) is 24.8 Å². The number of aromatic hydroxyl groups is 1. The molecule has 2 aliphatic carbocycles. The number of cyclic esters (lactones) is 1. The van der Waals surface area contributed by atoms with Crippen LogP contribution in [0.25, 0.3) is 0 Å². The monoisotopic (exact) mass is 508 g/mol. The van der Waals surface area contributed by atoms with E-state index < -0.39 is 58.4 Å². The second-order valence-corrected chi connectivity index (χ2v) is 10.6. The van der Waals surface area contributed by atoms with Crippen LogP contribution in [-0.2, 0) is 28.6 Å². The van der Waals surface area contributed by atoms with Crippen molar-refractivity contribution in [3.63, 3.8) is 0 Å². The number of benzene rings is 1. The van der Waals surface area contributed by atoms with Crippen molar-refractivity contribution < 1.29 is 42.9 Å². The first-order chi connectivity index (χ1) is 17.6. The summed E-state index contributed by atoms with van der Waals surface area (Å²) in [6, 6.07) is 7.13. The normalized spacial score (nSPS) is 32.9. The molecule has 0 radical (unpaired) electrons. The molecule has 6 atom stereocenters. The Kier molecular flexibility index (Phi) is 5.96. The quantitative estimate of drug-likeness (QED) is 0.479. The summed E-state index contributed by atoms with van der Waals surface area (Å²) in [6.07, 6.45) is 4.94. The summed E-state index contributed by atoms with van der Waals surface area (Å²) in [5.41, 5.74) is -0.952. The van der Waals surface area contributed by atoms with Crippen LogP contribution in [0.5, 0.6) is 5.75 Å². The van der Waals surface area contributed by atoms with Gasteiger partial charge in [-0.1, -0.05) is 13.8 Å². The molecule has 0 amide bonds. The van der Waals surface area contributed by atoms with Crippen LogP contribution in [0, 0.1) is 28.6 Å². The Hall–Kier alpha value is -3.88. The number of carbonyl (C=O) groups is 4. The fraction of sp³-hybridized carbons (Fsp3) is 0.429. The number of phenols is 1. The fourth-order valence-electron chi connectivity index (χ4n) is 6.64. The Morgan fingerprint density at radius 3 is 2.46 bits per heavy atom. The molecule has 0 spiro atoms. The molecule has 37 heavy (non-hydrogen) atoms. The van der Waals surface area contributed by atoms with Crippen LogP contribution in [0.4, 0.5) is 0 Å². The topological polar surface area (TPSA) is 129 Å². The SMILES string of the molecule is COC(=O)C1C=C(OC(=O)c2ccc(O)cc2)C(=O)C2C1(C)CCC1C(=O)OC(c3ccoc3)CC12C. The van der Waals surface area contributed by atoms with Gasteiger partial charge in [-0.15, -0.1) is 0 Å². The number of carbonyl (C=O) groups excluding carboxylic acids is 4. The lowest BCUT2D eigenvalue weighted by molar-refractivity contribution is -0.197. The highest BCUT2D eigenvalue weighted by atomic mass is 16.6. The van der Waals surface area contributed by atoms with E-state index in [9.17, 15) is 24.3 Å². The van der Waals surface area contributed by atoms with Gasteiger partial charge in [-0.05, 0) is 66.5 Å². The number of esters is 3. The summed E-state index contributed by atoms with van der Waals surface area (Å²) in [4.78, 5) is 53.2. The van der Waals surface area contributed by atoms with Crippen molar-refractivity contribution in [3.8, 4) is 5.75 Å². The van der Waals surface area contributed by atoms with E-state index >= 15 is 0 Å². The number of rotatable bonds is 4. The first-order valence-electron chi connectivity index (χ1n) is 12.2. The van der Waals surface area contributed by atoms with Gasteiger partial charge in [0.15, 0.2) is 5.76 Å². The molecule has 9 nitrogen and oxygen atoms in total. The van der Waals surface area contributed by atoms with Crippen molar-refractivity contribution in [1.82, 2.24) is 0 Å². The standard InChI is InChI=1S/C28H28O9/c1-27-10-8-18-26(33)37-21(16-9-11-35-14-16)13-28(18,2)23(27)22(30)20(12-19(27)25(32)34-3)36-24(31)15-4-6-17(29)7-5-15/h4-7,9,11-12,14,18-19,21,23,29H,8,10,13H2,1-3H3. The van der Waals surface area contributed by atoms with Crippen LogP contribution in [0.1, 0.15) is 55.1 Å². The van der Waals surface area contributed by atoms with Crippen molar-refractivity contribution in [2.45, 2.75) is 39.2 Å². The van der Waals surface area contributed by atoms with E-state index in [-0.39, 0.29) is 17.1 Å². The predicted molar refractivity (Wildman–Crippen MR) is 127 cm³/mol. The first kappa shape index (κ1) is 24.8. The molecule has 1 N–H and O–H groups in total. The van der Waals surface area contributed by atoms with Crippen molar-refractivity contribution in [2.75, 3.05) is 7.11 Å². The van der Waals surface area contributed by atoms with Crippen LogP contribution in [0.2, 0.25) is 0 Å². The highest BCUT2D eigenvalue weighted by Gasteiger charge is 2.66. The van der Waals surface area contributed by atoms with Gasteiger partial charge in [-0.3, -0.25) is 14.4 Å². The van der Waals surface area contributed by atoms with Crippen LogP contribution in [0.15, 0.2) is 59.1 Å². The number of hydrogen-bond acceptors (Lipinski definition) is 9. The molecule has 0 bridgehead atoms. The molecule has 1 aliphatic heterocycles. The maximum absolute atomic E-state index is 14.1. The third-order valence-corrected chi connectivity index (χ3v) is 8.46. The number of hydrogen-bond donors (Lipinski definition) is 1. The summed E-state index contributed by atoms with van der Waals surface area (Å²) in [7, 11) is 1.27. The van der Waals surface area contributed by atoms with Crippen molar-refractivity contribution in [1.29, 1.82) is 0 Å². The molecule has 1 saturated heterocycles. The average molecular weight is 509 g/mol. The average Bonchev–Trinajstić information content (AvgIpc) is 3.40. The van der Waals surface area contributed by atoms with E-state index in [1.807, 2.05) is 13.8 Å². The maximum atomic E-state index is 14.1. The van der Waals surface area contributed by atoms with Gasteiger partial charge in [0.2, 0.25) is 5.78 Å². The Morgan fingerprint density at radius 1 is 1.08 bits per heavy atom. The summed E-state index contributed by atoms with van der Waals surface area (Å²) in [5, 5.41) is 9.52. The Balaban J connectivity index is 1.56. The molecular weight excluding hydrogens is 480 g/mol. The summed E-state index contributed by atoms with van der Waals surface area (Å²) >= 11 is 0. The molecule has 194 valence electrons. The maximum Gasteiger partial charge on any atom is 0.343 e. The van der Waals surface area contributed by atoms with E-state index in [1.165, 1.54) is 50.0 Å². The number of Topliss-reactive ketones (excluding diaryl/α,β-unsaturated/α-hetero) is 1. The number of phenolic OH excluding ortho intramolecular Hbond substituents is 1. The number of fused-ring (bicyclic) bond motifs is 3. The summed E-state index contributed by atoms with van der Waals surface area (Å²) in [6.45, 7) is 3.74. The molecule has 1 aromatic heterocycles. The molecule has 3 aliphatic rings. The van der Waals surface area contributed by atoms with Crippen LogP contribution in [0.3, 0.4) is 0 Å². The second-order valence-electron chi connectivity index (χ2n) is 10.6. The Morgan fingerprint density at radius 2 is 1.81 bits per heavy atom. The fourth-order valence-corrected chi connectivity index (χ4v) is 6.64. The number of ketones is 1. The van der Waals surface area contributed by atoms with Gasteiger partial charge in [-0.25, -0.2) is 4.79 Å². The number of methoxy groups -OCH3 is 1. The molecular formula is C28H28O9. The molecule has 9 heteroatoms. The zero-order valence-corrected chi connectivity index (χ0v) is 20.8. The van der Waals surface area contributed by atoms with Crippen molar-refractivity contribution in [3.05, 3.63) is 65.8 Å². The minimum atomic E-state index is -0.891. The molecule has 1 aromatic carbocycles. The molecule has 5 rings (SSSR count). The van der Waals surface area contributed by atoms with Gasteiger partial charge in [0.25, 0.3) is 0 Å². The lowest BCUT2D eigenvalue weighted by atomic mass is 9.44. The molecule has 1 saturated carbocycles. The van der Waals surface area contributed by atoms with Crippen LogP contribution >= 0.6 is 0 Å². The van der Waals surface area contributed by atoms with Crippen molar-refractivity contribution >= 4 is 23.7 Å². The minimum absolute atomic E-state index is 0.0245. The molecule has 6 unspecified atom stereocenters. The Bertz CT molecular complexity index is 1280. The zero-order valence-electron chi connectivity index (χ0n) is 20.8. The second kappa shape index (κ2) is 8.90. The van der Waals surface area contributed by atoms with Gasteiger partial charge in [0.1, 0.15) is 11.9 Å². The number of ether oxygens (including phenoxy) is 3. The van der Waals surface area contributed by atoms with E-state index in [1.54, 1.807) is 6.07 Å². The van der Waals surface area contributed by atoms with Crippen molar-refractivity contribution in [2.24, 2.45) is 28.6 Å². The van der Waals surface area contributed by atoms with Gasteiger partial charge >= 0.3 is 17.9 Å². The predicted octanol–water partition coefficient (Wildman–Crippen LogP) is 4.12. The number of furan rings is 1. The van der Waals surface area contributed by atoms with Gasteiger partial charge < -0.3 is 23.7 Å². The third kappa shape index (κ3) is 3.93. The lowest BCUT2D eigenvalue weighted by Gasteiger charge is -2.59. The van der Waals surface area contributed by atoms with E-state index in [2.05, 4.69) is 0 Å². The summed E-state index contributed by atoms with van der Waals surface area (Å²) in [5.74, 6) is -4.73. The molecule has 2 fully saturated rings. The largest absolute Gasteiger partial charge is 0.508 e. The zero-order chi connectivity index (χ0) is 26.5. The smallest absolute Gasteiger partial charge is 0.343 e. The van der Waals surface area contributed by atoms with E-state index in [0.717, 1.165) is 0 Å². The van der Waals surface area contributed by atoms with Crippen LogP contribution < -0.4 is 0 Å². The highest BCUT2D eigenvalue weighted by molar-refractivity contribution is 6.03. The third-order valence-electron chi connectivity index (χ3n) is 8.46. The highest BCUT2D eigenvalue weighted by Crippen LogP contribution is 2.64. The first-order valence-corrected chi connectivity index (χ1v) is 12.2. The van der Waals surface area contributed by atoms with Crippen LogP contribution in [-0.4, -0.2) is 35.9 Å². The molecule has 2 heterocycles. The number of allylic oxidation sites excluding steroid dienone is 1. The summed E-state index contributed by atoms with van der Waals surface area (Å²) < 4.78 is 21.6. The van der Waals surface area contributed by atoms with E-state index in [4.69, 9.17) is 18.6 Å². The van der Waals surface area contributed by atoms with Gasteiger partial charge in [0.05, 0.1) is 37.0 Å². The van der Waals surface area contributed by atoms with Gasteiger partial charge in [0, 0.05) is 11.5 Å². The Labute approximate surface area is 213 Å². The molecule has 2 aromatic rings. The minimum Gasteiger partial charge on any atom is -0.508 e. The van der Waals surface area contributed by atoms with Gasteiger partial charge in [-0.2, -0.15) is 0 Å².